The average molecular weight is 332 g/mol. The van der Waals surface area contributed by atoms with E-state index in [-0.39, 0.29) is 0 Å². The number of aromatic nitrogens is 1. The zero-order valence-corrected chi connectivity index (χ0v) is 13.6. The van der Waals surface area contributed by atoms with Crippen LogP contribution in [0.4, 0.5) is 0 Å². The van der Waals surface area contributed by atoms with Crippen molar-refractivity contribution in [2.45, 2.75) is 0 Å². The van der Waals surface area contributed by atoms with Crippen molar-refractivity contribution in [3.63, 3.8) is 0 Å². The lowest BCUT2D eigenvalue weighted by molar-refractivity contribution is 0.483. The van der Waals surface area contributed by atoms with E-state index < -0.39 is 0 Å². The van der Waals surface area contributed by atoms with E-state index in [0.29, 0.717) is 10.8 Å². The quantitative estimate of drug-likeness (QED) is 0.436. The first-order chi connectivity index (χ1) is 11.8. The molecule has 2 nitrogen and oxygen atoms in total. The van der Waals surface area contributed by atoms with Gasteiger partial charge in [0.25, 0.3) is 0 Å². The standard InChI is InChI=1S/C21H14ClNO/c22-17-11-12-19-16(13-17)14-20(24-18-9-5-2-6-10-18)21(23-19)15-7-3-1-4-8-15/h1-14H. The van der Waals surface area contributed by atoms with Crippen LogP contribution in [0, 0.1) is 0 Å². The maximum absolute atomic E-state index is 6.12. The molecular weight excluding hydrogens is 318 g/mol. The van der Waals surface area contributed by atoms with Crippen LogP contribution < -0.4 is 4.74 Å². The lowest BCUT2D eigenvalue weighted by Crippen LogP contribution is -1.93. The van der Waals surface area contributed by atoms with Gasteiger partial charge in [-0.15, -0.1) is 0 Å². The Bertz CT molecular complexity index is 985. The maximum Gasteiger partial charge on any atom is 0.154 e. The highest BCUT2D eigenvalue weighted by Gasteiger charge is 2.12. The Labute approximate surface area is 145 Å². The molecule has 0 aliphatic heterocycles. The van der Waals surface area contributed by atoms with Crippen molar-refractivity contribution in [2.24, 2.45) is 0 Å². The summed E-state index contributed by atoms with van der Waals surface area (Å²) in [5.41, 5.74) is 2.72. The van der Waals surface area contributed by atoms with Gasteiger partial charge in [0.1, 0.15) is 11.4 Å². The van der Waals surface area contributed by atoms with Gasteiger partial charge in [0.2, 0.25) is 0 Å². The molecule has 0 spiro atoms. The molecule has 116 valence electrons. The third-order valence-corrected chi connectivity index (χ3v) is 4.00. The van der Waals surface area contributed by atoms with Crippen molar-refractivity contribution >= 4 is 22.5 Å². The molecule has 24 heavy (non-hydrogen) atoms. The SMILES string of the molecule is Clc1ccc2nc(-c3ccccc3)c(Oc3ccccc3)cc2c1. The molecule has 0 aliphatic rings. The molecule has 0 saturated heterocycles. The number of fused-ring (bicyclic) bond motifs is 1. The van der Waals surface area contributed by atoms with E-state index in [0.717, 1.165) is 27.9 Å². The number of rotatable bonds is 3. The summed E-state index contributed by atoms with van der Waals surface area (Å²) >= 11 is 6.12. The van der Waals surface area contributed by atoms with Crippen LogP contribution in [0.2, 0.25) is 5.02 Å². The van der Waals surface area contributed by atoms with Gasteiger partial charge in [0.15, 0.2) is 5.75 Å². The van der Waals surface area contributed by atoms with Crippen LogP contribution in [-0.2, 0) is 0 Å². The molecule has 0 atom stereocenters. The first-order valence-electron chi connectivity index (χ1n) is 7.68. The highest BCUT2D eigenvalue weighted by molar-refractivity contribution is 6.31. The monoisotopic (exact) mass is 331 g/mol. The minimum absolute atomic E-state index is 0.683. The molecular formula is C21H14ClNO. The van der Waals surface area contributed by atoms with Crippen molar-refractivity contribution < 1.29 is 4.74 Å². The van der Waals surface area contributed by atoms with E-state index in [2.05, 4.69) is 0 Å². The summed E-state index contributed by atoms with van der Waals surface area (Å²) in [5, 5.41) is 1.63. The molecule has 3 heteroatoms. The second-order valence-electron chi connectivity index (χ2n) is 5.45. The van der Waals surface area contributed by atoms with Crippen LogP contribution in [0.3, 0.4) is 0 Å². The molecule has 0 fully saturated rings. The van der Waals surface area contributed by atoms with E-state index >= 15 is 0 Å². The smallest absolute Gasteiger partial charge is 0.154 e. The number of hydrogen-bond acceptors (Lipinski definition) is 2. The third kappa shape index (κ3) is 2.97. The molecule has 0 amide bonds. The Morgan fingerprint density at radius 1 is 0.750 bits per heavy atom. The van der Waals surface area contributed by atoms with Crippen molar-refractivity contribution in [1.29, 1.82) is 0 Å². The first-order valence-corrected chi connectivity index (χ1v) is 8.06. The molecule has 3 aromatic carbocycles. The maximum atomic E-state index is 6.12. The summed E-state index contributed by atoms with van der Waals surface area (Å²) in [6.45, 7) is 0. The van der Waals surface area contributed by atoms with Gasteiger partial charge in [-0.05, 0) is 36.4 Å². The minimum Gasteiger partial charge on any atom is -0.455 e. The number of halogens is 1. The van der Waals surface area contributed by atoms with Gasteiger partial charge >= 0.3 is 0 Å². The Morgan fingerprint density at radius 2 is 1.46 bits per heavy atom. The first kappa shape index (κ1) is 14.7. The fourth-order valence-electron chi connectivity index (χ4n) is 2.62. The van der Waals surface area contributed by atoms with Gasteiger partial charge in [-0.2, -0.15) is 0 Å². The average Bonchev–Trinajstić information content (AvgIpc) is 2.63. The highest BCUT2D eigenvalue weighted by Crippen LogP contribution is 2.35. The van der Waals surface area contributed by atoms with E-state index in [9.17, 15) is 0 Å². The Hall–Kier alpha value is -2.84. The van der Waals surface area contributed by atoms with Crippen LogP contribution in [0.15, 0.2) is 84.9 Å². The molecule has 4 rings (SSSR count). The van der Waals surface area contributed by atoms with Crippen molar-refractivity contribution in [3.05, 3.63) is 90.0 Å². The summed E-state index contributed by atoms with van der Waals surface area (Å²) in [7, 11) is 0. The third-order valence-electron chi connectivity index (χ3n) is 3.76. The van der Waals surface area contributed by atoms with Crippen molar-refractivity contribution in [1.82, 2.24) is 4.98 Å². The molecule has 4 aromatic rings. The summed E-state index contributed by atoms with van der Waals surface area (Å²) in [5.74, 6) is 1.49. The Balaban J connectivity index is 1.90. The van der Waals surface area contributed by atoms with Gasteiger partial charge < -0.3 is 4.74 Å². The molecule has 0 radical (unpaired) electrons. The lowest BCUT2D eigenvalue weighted by atomic mass is 10.1. The predicted octanol–water partition coefficient (Wildman–Crippen LogP) is 6.35. The number of hydrogen-bond donors (Lipinski definition) is 0. The predicted molar refractivity (Wildman–Crippen MR) is 98.7 cm³/mol. The summed E-state index contributed by atoms with van der Waals surface area (Å²) in [6.07, 6.45) is 0. The molecule has 0 aliphatic carbocycles. The van der Waals surface area contributed by atoms with Crippen LogP contribution >= 0.6 is 11.6 Å². The number of benzene rings is 3. The van der Waals surface area contributed by atoms with Gasteiger partial charge in [0, 0.05) is 16.0 Å². The zero-order valence-electron chi connectivity index (χ0n) is 12.8. The normalized spacial score (nSPS) is 10.7. The number of pyridine rings is 1. The molecule has 1 aromatic heterocycles. The molecule has 0 bridgehead atoms. The Morgan fingerprint density at radius 3 is 2.21 bits per heavy atom. The van der Waals surface area contributed by atoms with Gasteiger partial charge in [-0.3, -0.25) is 0 Å². The van der Waals surface area contributed by atoms with Gasteiger partial charge in [-0.25, -0.2) is 4.98 Å². The largest absolute Gasteiger partial charge is 0.455 e. The second-order valence-corrected chi connectivity index (χ2v) is 5.89. The molecule has 0 N–H and O–H groups in total. The van der Waals surface area contributed by atoms with Gasteiger partial charge in [0.05, 0.1) is 5.52 Å². The van der Waals surface area contributed by atoms with E-state index in [1.54, 1.807) is 0 Å². The Kier molecular flexibility index (Phi) is 3.89. The lowest BCUT2D eigenvalue weighted by Gasteiger charge is -2.12. The highest BCUT2D eigenvalue weighted by atomic mass is 35.5. The zero-order chi connectivity index (χ0) is 16.4. The fourth-order valence-corrected chi connectivity index (χ4v) is 2.80. The molecule has 1 heterocycles. The minimum atomic E-state index is 0.683. The van der Waals surface area contributed by atoms with Gasteiger partial charge in [-0.1, -0.05) is 60.1 Å². The van der Waals surface area contributed by atoms with Crippen molar-refractivity contribution in [2.75, 3.05) is 0 Å². The topological polar surface area (TPSA) is 22.1 Å². The van der Waals surface area contributed by atoms with E-state index in [1.165, 1.54) is 0 Å². The number of nitrogens with zero attached hydrogens (tertiary/aromatic N) is 1. The molecule has 0 saturated carbocycles. The number of ether oxygens (including phenoxy) is 1. The van der Waals surface area contributed by atoms with E-state index in [1.807, 2.05) is 84.9 Å². The summed E-state index contributed by atoms with van der Waals surface area (Å²) in [6, 6.07) is 27.4. The van der Waals surface area contributed by atoms with E-state index in [4.69, 9.17) is 21.3 Å². The van der Waals surface area contributed by atoms with Crippen LogP contribution in [0.5, 0.6) is 11.5 Å². The number of para-hydroxylation sites is 1. The van der Waals surface area contributed by atoms with Crippen LogP contribution in [0.1, 0.15) is 0 Å². The van der Waals surface area contributed by atoms with Crippen LogP contribution in [0.25, 0.3) is 22.2 Å². The van der Waals surface area contributed by atoms with Crippen molar-refractivity contribution in [3.8, 4) is 22.8 Å². The summed E-state index contributed by atoms with van der Waals surface area (Å²) in [4.78, 5) is 4.80. The van der Waals surface area contributed by atoms with Crippen LogP contribution in [-0.4, -0.2) is 4.98 Å². The summed E-state index contributed by atoms with van der Waals surface area (Å²) < 4.78 is 6.11. The second kappa shape index (κ2) is 6.34. The fraction of sp³-hybridized carbons (Fsp3) is 0. The molecule has 0 unspecified atom stereocenters.